The average molecular weight is 242 g/mol. The van der Waals surface area contributed by atoms with Crippen LogP contribution in [0.3, 0.4) is 0 Å². The van der Waals surface area contributed by atoms with Crippen molar-refractivity contribution in [1.29, 1.82) is 0 Å². The molecule has 0 saturated carbocycles. The van der Waals surface area contributed by atoms with Crippen molar-refractivity contribution in [2.45, 2.75) is 38.5 Å². The van der Waals surface area contributed by atoms with Gasteiger partial charge in [0.2, 0.25) is 5.91 Å². The van der Waals surface area contributed by atoms with Gasteiger partial charge in [-0.25, -0.2) is 0 Å². The molecule has 0 bridgehead atoms. The maximum absolute atomic E-state index is 11.3. The van der Waals surface area contributed by atoms with E-state index in [1.54, 1.807) is 7.05 Å². The molecule has 4 nitrogen and oxygen atoms in total. The highest BCUT2D eigenvalue weighted by molar-refractivity contribution is 5.75. The minimum Gasteiger partial charge on any atom is -0.396 e. The number of rotatable bonds is 8. The summed E-state index contributed by atoms with van der Waals surface area (Å²) in [5.41, 5.74) is 0. The van der Waals surface area contributed by atoms with Gasteiger partial charge in [-0.15, -0.1) is 0 Å². The maximum Gasteiger partial charge on any atom is 0.220 e. The highest BCUT2D eigenvalue weighted by atomic mass is 16.2. The van der Waals surface area contributed by atoms with E-state index in [0.29, 0.717) is 18.9 Å². The average Bonchev–Trinajstić information content (AvgIpc) is 2.76. The SMILES string of the molecule is CNC(=O)CC1CCN(CCCCCCO)C1. The molecular weight excluding hydrogens is 216 g/mol. The van der Waals surface area contributed by atoms with E-state index in [4.69, 9.17) is 5.11 Å². The van der Waals surface area contributed by atoms with Gasteiger partial charge in [0.05, 0.1) is 0 Å². The van der Waals surface area contributed by atoms with Gasteiger partial charge >= 0.3 is 0 Å². The number of nitrogens with zero attached hydrogens (tertiary/aromatic N) is 1. The number of amides is 1. The van der Waals surface area contributed by atoms with E-state index in [1.165, 1.54) is 12.8 Å². The molecule has 1 fully saturated rings. The number of carbonyl (C=O) groups excluding carboxylic acids is 1. The molecule has 0 aliphatic carbocycles. The van der Waals surface area contributed by atoms with Gasteiger partial charge < -0.3 is 15.3 Å². The molecule has 17 heavy (non-hydrogen) atoms. The zero-order valence-corrected chi connectivity index (χ0v) is 11.0. The molecule has 0 aromatic rings. The van der Waals surface area contributed by atoms with E-state index >= 15 is 0 Å². The fourth-order valence-corrected chi connectivity index (χ4v) is 2.45. The molecule has 1 saturated heterocycles. The third kappa shape index (κ3) is 6.03. The first-order valence-corrected chi connectivity index (χ1v) is 6.80. The van der Waals surface area contributed by atoms with Crippen molar-refractivity contribution in [3.8, 4) is 0 Å². The van der Waals surface area contributed by atoms with Crippen LogP contribution in [0.1, 0.15) is 38.5 Å². The van der Waals surface area contributed by atoms with Crippen LogP contribution in [0.4, 0.5) is 0 Å². The Kier molecular flexibility index (Phi) is 7.21. The van der Waals surface area contributed by atoms with Gasteiger partial charge in [-0.2, -0.15) is 0 Å². The van der Waals surface area contributed by atoms with Crippen LogP contribution in [0.5, 0.6) is 0 Å². The third-order valence-corrected chi connectivity index (χ3v) is 3.51. The number of nitrogens with one attached hydrogen (secondary N) is 1. The molecule has 0 aromatic carbocycles. The molecule has 1 amide bonds. The molecule has 1 aliphatic heterocycles. The molecule has 0 aromatic heterocycles. The second kappa shape index (κ2) is 8.48. The van der Waals surface area contributed by atoms with Crippen molar-refractivity contribution in [2.24, 2.45) is 5.92 Å². The standard InChI is InChI=1S/C13H26N2O2/c1-14-13(17)10-12-6-8-15(11-12)7-4-2-3-5-9-16/h12,16H,2-11H2,1H3,(H,14,17). The lowest BCUT2D eigenvalue weighted by Gasteiger charge is -2.15. The first-order valence-electron chi connectivity index (χ1n) is 6.80. The second-order valence-electron chi connectivity index (χ2n) is 4.97. The van der Waals surface area contributed by atoms with Crippen molar-refractivity contribution in [3.05, 3.63) is 0 Å². The van der Waals surface area contributed by atoms with Crippen molar-refractivity contribution >= 4 is 5.91 Å². The van der Waals surface area contributed by atoms with Gasteiger partial charge in [-0.05, 0) is 38.3 Å². The fourth-order valence-electron chi connectivity index (χ4n) is 2.45. The van der Waals surface area contributed by atoms with Crippen LogP contribution in [0.25, 0.3) is 0 Å². The van der Waals surface area contributed by atoms with Crippen LogP contribution in [0.15, 0.2) is 0 Å². The normalized spacial score (nSPS) is 20.7. The molecule has 1 heterocycles. The Morgan fingerprint density at radius 1 is 1.35 bits per heavy atom. The van der Waals surface area contributed by atoms with E-state index in [9.17, 15) is 4.79 Å². The second-order valence-corrected chi connectivity index (χ2v) is 4.97. The van der Waals surface area contributed by atoms with E-state index < -0.39 is 0 Å². The quantitative estimate of drug-likeness (QED) is 0.624. The molecule has 0 radical (unpaired) electrons. The highest BCUT2D eigenvalue weighted by Crippen LogP contribution is 2.19. The monoisotopic (exact) mass is 242 g/mol. The summed E-state index contributed by atoms with van der Waals surface area (Å²) < 4.78 is 0. The van der Waals surface area contributed by atoms with Gasteiger partial charge in [0.1, 0.15) is 0 Å². The fraction of sp³-hybridized carbons (Fsp3) is 0.923. The number of aliphatic hydroxyl groups is 1. The van der Waals surface area contributed by atoms with Crippen molar-refractivity contribution < 1.29 is 9.90 Å². The molecule has 1 rings (SSSR count). The Morgan fingerprint density at radius 2 is 2.12 bits per heavy atom. The van der Waals surface area contributed by atoms with Crippen LogP contribution in [-0.2, 0) is 4.79 Å². The summed E-state index contributed by atoms with van der Waals surface area (Å²) in [5, 5.41) is 11.4. The lowest BCUT2D eigenvalue weighted by molar-refractivity contribution is -0.121. The predicted octanol–water partition coefficient (Wildman–Crippen LogP) is 0.997. The Bertz CT molecular complexity index is 221. The summed E-state index contributed by atoms with van der Waals surface area (Å²) in [6.45, 7) is 3.68. The molecule has 1 aliphatic rings. The topological polar surface area (TPSA) is 52.6 Å². The Balaban J connectivity index is 2.03. The number of hydrogen-bond acceptors (Lipinski definition) is 3. The minimum absolute atomic E-state index is 0.166. The lowest BCUT2D eigenvalue weighted by atomic mass is 10.0. The van der Waals surface area contributed by atoms with E-state index in [2.05, 4.69) is 10.2 Å². The maximum atomic E-state index is 11.3. The van der Waals surface area contributed by atoms with Gasteiger partial charge in [0.25, 0.3) is 0 Å². The van der Waals surface area contributed by atoms with E-state index in [-0.39, 0.29) is 5.91 Å². The van der Waals surface area contributed by atoms with Crippen LogP contribution < -0.4 is 5.32 Å². The number of hydrogen-bond donors (Lipinski definition) is 2. The van der Waals surface area contributed by atoms with Crippen LogP contribution in [0, 0.1) is 5.92 Å². The molecule has 100 valence electrons. The number of aliphatic hydroxyl groups excluding tert-OH is 1. The van der Waals surface area contributed by atoms with Gasteiger partial charge in [-0.1, -0.05) is 12.8 Å². The van der Waals surface area contributed by atoms with Gasteiger partial charge in [-0.3, -0.25) is 4.79 Å². The first-order chi connectivity index (χ1) is 8.26. The number of likely N-dealkylation sites (tertiary alicyclic amines) is 1. The number of carbonyl (C=O) groups is 1. The molecule has 1 unspecified atom stereocenters. The lowest BCUT2D eigenvalue weighted by Crippen LogP contribution is -2.25. The molecule has 0 spiro atoms. The Labute approximate surface area is 104 Å². The van der Waals surface area contributed by atoms with Gasteiger partial charge in [0.15, 0.2) is 0 Å². The molecule has 4 heteroatoms. The predicted molar refractivity (Wildman–Crippen MR) is 68.8 cm³/mol. The summed E-state index contributed by atoms with van der Waals surface area (Å²) in [5.74, 6) is 0.715. The summed E-state index contributed by atoms with van der Waals surface area (Å²) in [7, 11) is 1.70. The van der Waals surface area contributed by atoms with Gasteiger partial charge in [0, 0.05) is 26.6 Å². The minimum atomic E-state index is 0.166. The van der Waals surface area contributed by atoms with Crippen molar-refractivity contribution in [3.63, 3.8) is 0 Å². The molecular formula is C13H26N2O2. The molecule has 2 N–H and O–H groups in total. The third-order valence-electron chi connectivity index (χ3n) is 3.51. The Morgan fingerprint density at radius 3 is 2.82 bits per heavy atom. The van der Waals surface area contributed by atoms with Crippen LogP contribution >= 0.6 is 0 Å². The highest BCUT2D eigenvalue weighted by Gasteiger charge is 2.23. The number of unbranched alkanes of at least 4 members (excludes halogenated alkanes) is 3. The summed E-state index contributed by atoms with van der Waals surface area (Å²) in [4.78, 5) is 13.7. The smallest absolute Gasteiger partial charge is 0.220 e. The van der Waals surface area contributed by atoms with E-state index in [1.807, 2.05) is 0 Å². The van der Waals surface area contributed by atoms with Crippen LogP contribution in [0.2, 0.25) is 0 Å². The van der Waals surface area contributed by atoms with Crippen molar-refractivity contribution in [1.82, 2.24) is 10.2 Å². The van der Waals surface area contributed by atoms with Crippen LogP contribution in [-0.4, -0.2) is 49.2 Å². The summed E-state index contributed by atoms with van der Waals surface area (Å²) in [6, 6.07) is 0. The zero-order valence-electron chi connectivity index (χ0n) is 11.0. The Hall–Kier alpha value is -0.610. The van der Waals surface area contributed by atoms with E-state index in [0.717, 1.165) is 38.9 Å². The summed E-state index contributed by atoms with van der Waals surface area (Å²) in [6.07, 6.45) is 6.32. The largest absolute Gasteiger partial charge is 0.396 e. The zero-order chi connectivity index (χ0) is 12.5. The molecule has 1 atom stereocenters. The van der Waals surface area contributed by atoms with Crippen molar-refractivity contribution in [2.75, 3.05) is 33.3 Å². The first kappa shape index (κ1) is 14.5. The summed E-state index contributed by atoms with van der Waals surface area (Å²) >= 11 is 0.